The lowest BCUT2D eigenvalue weighted by atomic mass is 10.0. The smallest absolute Gasteiger partial charge is 0.435 e. The second kappa shape index (κ2) is 32.1. The Labute approximate surface area is 280 Å². The van der Waals surface area contributed by atoms with E-state index in [9.17, 15) is 23.8 Å². The summed E-state index contributed by atoms with van der Waals surface area (Å²) in [6.45, 7) is 3.45. The molecule has 0 aliphatic carbocycles. The molecule has 0 amide bonds. The predicted molar refractivity (Wildman–Crippen MR) is 185 cm³/mol. The van der Waals surface area contributed by atoms with Crippen molar-refractivity contribution in [1.29, 1.82) is 0 Å². The lowest BCUT2D eigenvalue weighted by Gasteiger charge is -2.19. The summed E-state index contributed by atoms with van der Waals surface area (Å²) in [6.07, 6.45) is 30.3. The van der Waals surface area contributed by atoms with Crippen LogP contribution in [-0.2, 0) is 28.2 Å². The summed E-state index contributed by atoms with van der Waals surface area (Å²) in [4.78, 5) is 45.1. The number of carboxylic acid groups (broad SMARTS) is 1. The van der Waals surface area contributed by atoms with E-state index in [0.29, 0.717) is 12.8 Å². The van der Waals surface area contributed by atoms with E-state index in [1.165, 1.54) is 116 Å². The molecule has 2 atom stereocenters. The lowest BCUT2D eigenvalue weighted by molar-refractivity contribution is -0.161. The molecule has 0 heterocycles. The highest BCUT2D eigenvalue weighted by molar-refractivity contribution is 7.70. The highest BCUT2D eigenvalue weighted by atomic mass is 31.2. The standard InChI is InChI=1S/C36H69O9P/c1-3-5-7-9-11-13-15-17-19-21-23-25-27-29-34(37)43-31-33(32-44-46(41,42)36(39)40)45-35(38)30-28-26-24-22-20-18-16-14-12-10-8-6-4-2/h33H,3-32H2,1-2H3,(H,39,40)(H,41,42)/t33-/m1/s1. The Kier molecular flexibility index (Phi) is 31.1. The molecule has 0 rings (SSSR count). The van der Waals surface area contributed by atoms with E-state index in [1.807, 2.05) is 0 Å². The molecule has 0 aliphatic rings. The maximum atomic E-state index is 12.4. The molecule has 1 unspecified atom stereocenters. The van der Waals surface area contributed by atoms with Crippen molar-refractivity contribution in [2.24, 2.45) is 0 Å². The molecule has 272 valence electrons. The van der Waals surface area contributed by atoms with Crippen LogP contribution in [0.2, 0.25) is 0 Å². The number of esters is 2. The number of carbonyl (C=O) groups is 3. The SMILES string of the molecule is CCCCCCCCCCCCCCCC(=O)OC[C@H](COP(=O)(O)C(=O)O)OC(=O)CCCCCCCCCCCCCCC. The van der Waals surface area contributed by atoms with Crippen molar-refractivity contribution < 1.29 is 42.9 Å². The monoisotopic (exact) mass is 676 g/mol. The molecule has 46 heavy (non-hydrogen) atoms. The van der Waals surface area contributed by atoms with Crippen LogP contribution >= 0.6 is 7.60 Å². The molecule has 0 bridgehead atoms. The molecule has 0 aromatic heterocycles. The van der Waals surface area contributed by atoms with Gasteiger partial charge in [0.25, 0.3) is 0 Å². The topological polar surface area (TPSA) is 136 Å². The van der Waals surface area contributed by atoms with Gasteiger partial charge in [0, 0.05) is 12.8 Å². The Morgan fingerprint density at radius 3 is 1.20 bits per heavy atom. The third-order valence-corrected chi connectivity index (χ3v) is 9.36. The van der Waals surface area contributed by atoms with E-state index in [-0.39, 0.29) is 19.4 Å². The third-order valence-electron chi connectivity index (χ3n) is 8.37. The summed E-state index contributed by atoms with van der Waals surface area (Å²) in [7, 11) is -4.92. The van der Waals surface area contributed by atoms with Gasteiger partial charge < -0.3 is 19.5 Å². The van der Waals surface area contributed by atoms with E-state index >= 15 is 0 Å². The first kappa shape index (κ1) is 44.6. The Bertz CT molecular complexity index is 789. The van der Waals surface area contributed by atoms with Gasteiger partial charge in [-0.3, -0.25) is 14.1 Å². The van der Waals surface area contributed by atoms with Crippen molar-refractivity contribution in [3.63, 3.8) is 0 Å². The highest BCUT2D eigenvalue weighted by Gasteiger charge is 2.32. The molecule has 0 fully saturated rings. The minimum absolute atomic E-state index is 0.164. The first-order valence-electron chi connectivity index (χ1n) is 18.8. The number of unbranched alkanes of at least 4 members (excludes halogenated alkanes) is 24. The minimum atomic E-state index is -4.92. The summed E-state index contributed by atoms with van der Waals surface area (Å²) in [6, 6.07) is 0. The maximum absolute atomic E-state index is 12.4. The van der Waals surface area contributed by atoms with Crippen molar-refractivity contribution in [1.82, 2.24) is 0 Å². The molecule has 10 heteroatoms. The van der Waals surface area contributed by atoms with Gasteiger partial charge in [-0.2, -0.15) is 0 Å². The quantitative estimate of drug-likeness (QED) is 0.0381. The highest BCUT2D eigenvalue weighted by Crippen LogP contribution is 2.42. The molecule has 0 spiro atoms. The van der Waals surface area contributed by atoms with E-state index in [1.54, 1.807) is 0 Å². The van der Waals surface area contributed by atoms with Crippen LogP contribution in [0.4, 0.5) is 4.79 Å². The first-order valence-corrected chi connectivity index (χ1v) is 20.4. The van der Waals surface area contributed by atoms with Crippen molar-refractivity contribution in [3.8, 4) is 0 Å². The zero-order valence-corrected chi connectivity index (χ0v) is 30.4. The summed E-state index contributed by atoms with van der Waals surface area (Å²) < 4.78 is 26.9. The van der Waals surface area contributed by atoms with Crippen LogP contribution in [0.3, 0.4) is 0 Å². The predicted octanol–water partition coefficient (Wildman–Crippen LogP) is 11.3. The van der Waals surface area contributed by atoms with Crippen molar-refractivity contribution in [3.05, 3.63) is 0 Å². The average Bonchev–Trinajstić information content (AvgIpc) is 3.03. The fraction of sp³-hybridized carbons (Fsp3) is 0.917. The van der Waals surface area contributed by atoms with Crippen molar-refractivity contribution in [2.45, 2.75) is 200 Å². The van der Waals surface area contributed by atoms with Crippen LogP contribution in [-0.4, -0.2) is 47.0 Å². The zero-order chi connectivity index (χ0) is 34.1. The van der Waals surface area contributed by atoms with Crippen LogP contribution < -0.4 is 0 Å². The Hall–Kier alpha value is -1.44. The second-order valence-corrected chi connectivity index (χ2v) is 14.6. The largest absolute Gasteiger partial charge is 0.472 e. The van der Waals surface area contributed by atoms with Gasteiger partial charge in [-0.15, -0.1) is 0 Å². The molecule has 0 saturated carbocycles. The molecule has 9 nitrogen and oxygen atoms in total. The zero-order valence-electron chi connectivity index (χ0n) is 29.5. The van der Waals surface area contributed by atoms with Gasteiger partial charge in [0.15, 0.2) is 6.10 Å². The molecular formula is C36H69O9P. The fourth-order valence-electron chi connectivity index (χ4n) is 5.43. The van der Waals surface area contributed by atoms with E-state index < -0.39 is 38.0 Å². The van der Waals surface area contributed by atoms with Crippen molar-refractivity contribution in [2.75, 3.05) is 13.2 Å². The summed E-state index contributed by atoms with van der Waals surface area (Å²) in [5.41, 5.74) is -2.00. The number of hydrogen-bond donors (Lipinski definition) is 2. The van der Waals surface area contributed by atoms with Gasteiger partial charge in [-0.05, 0) is 12.8 Å². The third kappa shape index (κ3) is 29.9. The molecule has 0 aromatic carbocycles. The Morgan fingerprint density at radius 1 is 0.522 bits per heavy atom. The lowest BCUT2D eigenvalue weighted by Crippen LogP contribution is -2.29. The van der Waals surface area contributed by atoms with Crippen LogP contribution in [0.5, 0.6) is 0 Å². The summed E-state index contributed by atoms with van der Waals surface area (Å²) in [5.74, 6) is -0.988. The minimum Gasteiger partial charge on any atom is -0.472 e. The number of hydrogen-bond acceptors (Lipinski definition) is 7. The summed E-state index contributed by atoms with van der Waals surface area (Å²) in [5, 5.41) is 8.86. The van der Waals surface area contributed by atoms with E-state index in [4.69, 9.17) is 14.6 Å². The van der Waals surface area contributed by atoms with Crippen molar-refractivity contribution >= 4 is 25.2 Å². The maximum Gasteiger partial charge on any atom is 0.435 e. The van der Waals surface area contributed by atoms with Crippen LogP contribution in [0.25, 0.3) is 0 Å². The van der Waals surface area contributed by atoms with Gasteiger partial charge in [0.1, 0.15) is 6.61 Å². The first-order chi connectivity index (χ1) is 22.2. The molecule has 0 radical (unpaired) electrons. The molecular weight excluding hydrogens is 607 g/mol. The van der Waals surface area contributed by atoms with Gasteiger partial charge >= 0.3 is 25.2 Å². The second-order valence-electron chi connectivity index (χ2n) is 12.9. The number of ether oxygens (including phenoxy) is 2. The normalized spacial score (nSPS) is 13.3. The number of rotatable bonds is 35. The average molecular weight is 677 g/mol. The van der Waals surface area contributed by atoms with Gasteiger partial charge in [0.2, 0.25) is 0 Å². The Balaban J connectivity index is 4.13. The Morgan fingerprint density at radius 2 is 0.848 bits per heavy atom. The molecule has 0 aliphatic heterocycles. The number of carbonyl (C=O) groups excluding carboxylic acids is 2. The van der Waals surface area contributed by atoms with E-state index in [0.717, 1.165) is 38.5 Å². The van der Waals surface area contributed by atoms with Crippen LogP contribution in [0.1, 0.15) is 194 Å². The van der Waals surface area contributed by atoms with Gasteiger partial charge in [0.05, 0.1) is 6.61 Å². The van der Waals surface area contributed by atoms with Gasteiger partial charge in [-0.1, -0.05) is 168 Å². The van der Waals surface area contributed by atoms with Crippen LogP contribution in [0, 0.1) is 0 Å². The molecule has 0 aromatic rings. The fourth-order valence-corrected chi connectivity index (χ4v) is 5.91. The molecule has 0 saturated heterocycles. The van der Waals surface area contributed by atoms with E-state index in [2.05, 4.69) is 18.4 Å². The van der Waals surface area contributed by atoms with Gasteiger partial charge in [-0.25, -0.2) is 9.36 Å². The summed E-state index contributed by atoms with van der Waals surface area (Å²) >= 11 is 0. The van der Waals surface area contributed by atoms with Crippen LogP contribution in [0.15, 0.2) is 0 Å². The molecule has 2 N–H and O–H groups in total.